The number of hydrogen-bond acceptors (Lipinski definition) is 16. The van der Waals surface area contributed by atoms with Crippen molar-refractivity contribution in [3.8, 4) is 5.75 Å². The normalized spacial score (nSPS) is 17.0. The molecule has 0 aliphatic carbocycles. The van der Waals surface area contributed by atoms with E-state index in [0.717, 1.165) is 0 Å². The van der Waals surface area contributed by atoms with E-state index in [1.807, 2.05) is 0 Å². The molecule has 1 aromatic carbocycles. The number of nitrogens with two attached hydrogens (primary N) is 3. The molecule has 72 heavy (non-hydrogen) atoms. The molecule has 2 rings (SSSR count). The highest BCUT2D eigenvalue weighted by atomic mass is 16.4. The van der Waals surface area contributed by atoms with E-state index in [9.17, 15) is 68.4 Å². The SMILES string of the molecule is CC[C@H](C)[C@H](NC(=O)[C@H](Cc1ccc(O)cc1)NC(=O)[C@@H](C)NC(=O)[C@H](C)NC(=O)[C@@H]1CCCN1C(=O)CN)C(=O)N[C@@H](CO)C(=O)N[C@@H](CCCCN)C(=O)N[C@@H](CCCCN)C(=O)N[C@@H](CO)C(=O)O. The fourth-order valence-corrected chi connectivity index (χ4v) is 7.54. The standard InChI is InChI=1S/C46H76N12O14/c1-5-25(2)37(45(70)55-33(23-59)43(68)53-30(11-6-8-18-47)40(65)52-31(12-7-9-19-48)41(66)56-34(24-60)46(71)72)57-42(67)32(21-28-14-16-29(61)17-15-28)54-39(64)27(4)50-38(63)26(3)51-44(69)35-13-10-20-58(35)36(62)22-49/h14-17,25-27,30-35,37,59-61H,5-13,18-24,47-49H2,1-4H3,(H,50,63)(H,51,69)(H,52,65)(H,53,68)(H,54,64)(H,55,70)(H,56,66)(H,57,67)(H,71,72)/t25-,26-,27+,30-,31-,32-,33-,34-,35-,37-/m0/s1. The van der Waals surface area contributed by atoms with Crippen LogP contribution in [-0.4, -0.2) is 178 Å². The molecule has 0 aromatic heterocycles. The maximum Gasteiger partial charge on any atom is 0.328 e. The largest absolute Gasteiger partial charge is 0.508 e. The lowest BCUT2D eigenvalue weighted by atomic mass is 9.96. The van der Waals surface area contributed by atoms with Gasteiger partial charge in [0.25, 0.3) is 0 Å². The first-order chi connectivity index (χ1) is 34.2. The minimum Gasteiger partial charge on any atom is -0.508 e. The smallest absolute Gasteiger partial charge is 0.328 e. The van der Waals surface area contributed by atoms with Gasteiger partial charge in [-0.15, -0.1) is 0 Å². The summed E-state index contributed by atoms with van der Waals surface area (Å²) >= 11 is 0. The molecule has 1 heterocycles. The van der Waals surface area contributed by atoms with Crippen LogP contribution in [0.4, 0.5) is 0 Å². The van der Waals surface area contributed by atoms with Gasteiger partial charge in [0, 0.05) is 13.0 Å². The van der Waals surface area contributed by atoms with Crippen LogP contribution in [0.2, 0.25) is 0 Å². The van der Waals surface area contributed by atoms with Gasteiger partial charge in [-0.25, -0.2) is 4.79 Å². The van der Waals surface area contributed by atoms with Crippen molar-refractivity contribution in [2.75, 3.05) is 39.4 Å². The summed E-state index contributed by atoms with van der Waals surface area (Å²) in [6, 6.07) is -6.33. The third kappa shape index (κ3) is 20.0. The predicted molar refractivity (Wildman–Crippen MR) is 259 cm³/mol. The number of aliphatic hydroxyl groups is 2. The van der Waals surface area contributed by atoms with Crippen molar-refractivity contribution in [1.29, 1.82) is 0 Å². The number of unbranched alkanes of at least 4 members (excludes halogenated alkanes) is 2. The Bertz CT molecular complexity index is 2000. The zero-order valence-corrected chi connectivity index (χ0v) is 41.4. The van der Waals surface area contributed by atoms with Crippen LogP contribution in [0, 0.1) is 5.92 Å². The summed E-state index contributed by atoms with van der Waals surface area (Å²) in [5.41, 5.74) is 17.2. The molecule has 0 spiro atoms. The second-order valence-electron chi connectivity index (χ2n) is 17.7. The monoisotopic (exact) mass is 1020 g/mol. The highest BCUT2D eigenvalue weighted by Gasteiger charge is 2.37. The zero-order chi connectivity index (χ0) is 54.1. The van der Waals surface area contributed by atoms with Crippen molar-refractivity contribution in [3.63, 3.8) is 0 Å². The van der Waals surface area contributed by atoms with Gasteiger partial charge in [-0.05, 0) is 102 Å². The van der Waals surface area contributed by atoms with Crippen LogP contribution in [0.1, 0.15) is 91.0 Å². The lowest BCUT2D eigenvalue weighted by Gasteiger charge is -2.29. The summed E-state index contributed by atoms with van der Waals surface area (Å²) in [5, 5.41) is 58.9. The van der Waals surface area contributed by atoms with Gasteiger partial charge in [0.1, 0.15) is 60.1 Å². The molecule has 0 saturated carbocycles. The van der Waals surface area contributed by atoms with E-state index in [0.29, 0.717) is 57.1 Å². The van der Waals surface area contributed by atoms with Crippen molar-refractivity contribution in [3.05, 3.63) is 29.8 Å². The number of aliphatic hydroxyl groups excluding tert-OH is 2. The Morgan fingerprint density at radius 1 is 0.611 bits per heavy atom. The van der Waals surface area contributed by atoms with Gasteiger partial charge in [-0.3, -0.25) is 43.2 Å². The predicted octanol–water partition coefficient (Wildman–Crippen LogP) is -4.82. The van der Waals surface area contributed by atoms with Crippen molar-refractivity contribution < 1.29 is 68.4 Å². The Kier molecular flexibility index (Phi) is 27.2. The first-order valence-corrected chi connectivity index (χ1v) is 24.2. The molecule has 404 valence electrons. The number of carbonyl (C=O) groups excluding carboxylic acids is 9. The van der Waals surface area contributed by atoms with Crippen LogP contribution in [0.5, 0.6) is 5.75 Å². The number of carbonyl (C=O) groups is 10. The molecule has 1 aromatic rings. The molecule has 9 amide bonds. The van der Waals surface area contributed by atoms with Gasteiger partial charge in [0.15, 0.2) is 0 Å². The van der Waals surface area contributed by atoms with Crippen LogP contribution in [0.3, 0.4) is 0 Å². The highest BCUT2D eigenvalue weighted by Crippen LogP contribution is 2.18. The molecule has 0 radical (unpaired) electrons. The number of nitrogens with zero attached hydrogens (tertiary/aromatic N) is 1. The van der Waals surface area contributed by atoms with Crippen molar-refractivity contribution >= 4 is 59.1 Å². The number of amides is 9. The fourth-order valence-electron chi connectivity index (χ4n) is 7.54. The van der Waals surface area contributed by atoms with E-state index in [4.69, 9.17) is 17.2 Å². The lowest BCUT2D eigenvalue weighted by molar-refractivity contribution is -0.143. The number of phenols is 1. The second kappa shape index (κ2) is 31.8. The van der Waals surface area contributed by atoms with Gasteiger partial charge < -0.3 is 85.1 Å². The minimum absolute atomic E-state index is 0.0119. The summed E-state index contributed by atoms with van der Waals surface area (Å²) in [5.74, 6) is -9.38. The first kappa shape index (κ1) is 61.6. The molecule has 0 bridgehead atoms. The maximum atomic E-state index is 14.2. The van der Waals surface area contributed by atoms with Crippen molar-refractivity contribution in [2.24, 2.45) is 23.1 Å². The molecular weight excluding hydrogens is 945 g/mol. The maximum absolute atomic E-state index is 14.2. The van der Waals surface area contributed by atoms with Gasteiger partial charge in [0.2, 0.25) is 53.2 Å². The number of hydrogen-bond donors (Lipinski definition) is 15. The summed E-state index contributed by atoms with van der Waals surface area (Å²) in [4.78, 5) is 134. The van der Waals surface area contributed by atoms with E-state index in [1.165, 1.54) is 43.0 Å². The summed E-state index contributed by atoms with van der Waals surface area (Å²) < 4.78 is 0. The van der Waals surface area contributed by atoms with E-state index in [2.05, 4.69) is 42.5 Å². The van der Waals surface area contributed by atoms with E-state index < -0.39 is 133 Å². The fraction of sp³-hybridized carbons (Fsp3) is 0.652. The summed E-state index contributed by atoms with van der Waals surface area (Å²) in [6.45, 7) is 4.72. The average molecular weight is 1020 g/mol. The topological polar surface area (TPSA) is 429 Å². The van der Waals surface area contributed by atoms with E-state index in [-0.39, 0.29) is 44.6 Å². The molecule has 26 nitrogen and oxygen atoms in total. The van der Waals surface area contributed by atoms with Gasteiger partial charge in [-0.2, -0.15) is 0 Å². The van der Waals surface area contributed by atoms with Crippen LogP contribution < -0.4 is 59.7 Å². The number of nitrogens with one attached hydrogen (secondary N) is 8. The second-order valence-corrected chi connectivity index (χ2v) is 17.7. The molecule has 1 saturated heterocycles. The van der Waals surface area contributed by atoms with Crippen LogP contribution in [-0.2, 0) is 54.4 Å². The van der Waals surface area contributed by atoms with E-state index >= 15 is 0 Å². The van der Waals surface area contributed by atoms with Crippen LogP contribution in [0.25, 0.3) is 0 Å². The number of aliphatic carboxylic acids is 1. The quantitative estimate of drug-likeness (QED) is 0.0301. The van der Waals surface area contributed by atoms with Crippen LogP contribution in [0.15, 0.2) is 24.3 Å². The number of aromatic hydroxyl groups is 1. The molecule has 18 N–H and O–H groups in total. The van der Waals surface area contributed by atoms with Crippen molar-refractivity contribution in [1.82, 2.24) is 47.4 Å². The van der Waals surface area contributed by atoms with Crippen molar-refractivity contribution in [2.45, 2.75) is 146 Å². The Hall–Kier alpha value is -6.48. The average Bonchev–Trinajstić information content (AvgIpc) is 3.86. The third-order valence-corrected chi connectivity index (χ3v) is 12.1. The third-order valence-electron chi connectivity index (χ3n) is 12.1. The lowest BCUT2D eigenvalue weighted by Crippen LogP contribution is -2.61. The van der Waals surface area contributed by atoms with E-state index in [1.54, 1.807) is 13.8 Å². The first-order valence-electron chi connectivity index (χ1n) is 24.2. The Morgan fingerprint density at radius 2 is 1.08 bits per heavy atom. The molecule has 1 aliphatic rings. The molecular formula is C46H76N12O14. The van der Waals surface area contributed by atoms with Gasteiger partial charge >= 0.3 is 5.97 Å². The number of likely N-dealkylation sites (tertiary alicyclic amines) is 1. The zero-order valence-electron chi connectivity index (χ0n) is 41.4. The Labute approximate surface area is 418 Å². The van der Waals surface area contributed by atoms with Gasteiger partial charge in [0.05, 0.1) is 19.8 Å². The highest BCUT2D eigenvalue weighted by molar-refractivity contribution is 5.98. The minimum atomic E-state index is -1.69. The molecule has 1 aliphatic heterocycles. The van der Waals surface area contributed by atoms with Gasteiger partial charge in [-0.1, -0.05) is 32.4 Å². The summed E-state index contributed by atoms with van der Waals surface area (Å²) in [7, 11) is 0. The number of carboxylic acid groups (broad SMARTS) is 1. The Balaban J connectivity index is 2.29. The molecule has 1 fully saturated rings. The Morgan fingerprint density at radius 3 is 1.58 bits per heavy atom. The number of carboxylic acids is 1. The molecule has 10 atom stereocenters. The van der Waals surface area contributed by atoms with Crippen LogP contribution >= 0.6 is 0 Å². The molecule has 0 unspecified atom stereocenters. The summed E-state index contributed by atoms with van der Waals surface area (Å²) in [6.07, 6.45) is 2.61. The number of benzene rings is 1. The number of rotatable bonds is 32. The molecule has 26 heteroatoms. The number of phenolic OH excluding ortho intramolecular Hbond substituents is 1.